The van der Waals surface area contributed by atoms with Crippen LogP contribution in [0, 0.1) is 5.82 Å². The zero-order chi connectivity index (χ0) is 22.8. The Morgan fingerprint density at radius 1 is 1.06 bits per heavy atom. The molecule has 0 N–H and O–H groups in total. The van der Waals surface area contributed by atoms with E-state index in [1.807, 2.05) is 35.2 Å². The molecule has 1 saturated heterocycles. The van der Waals surface area contributed by atoms with Gasteiger partial charge in [0.1, 0.15) is 17.5 Å². The molecule has 6 nitrogen and oxygen atoms in total. The van der Waals surface area contributed by atoms with E-state index >= 15 is 0 Å². The number of carbonyl (C=O) groups excluding carboxylic acids is 1. The summed E-state index contributed by atoms with van der Waals surface area (Å²) in [5.41, 5.74) is 3.45. The highest BCUT2D eigenvalue weighted by Gasteiger charge is 2.29. The van der Waals surface area contributed by atoms with Crippen LogP contribution in [0.4, 0.5) is 10.2 Å². The van der Waals surface area contributed by atoms with Gasteiger partial charge in [-0.15, -0.1) is 0 Å². The van der Waals surface area contributed by atoms with Gasteiger partial charge >= 0.3 is 0 Å². The van der Waals surface area contributed by atoms with E-state index in [1.54, 1.807) is 6.07 Å². The minimum Gasteiger partial charge on any atom is -0.378 e. The van der Waals surface area contributed by atoms with E-state index in [9.17, 15) is 9.18 Å². The van der Waals surface area contributed by atoms with Gasteiger partial charge in [0.2, 0.25) is 0 Å². The third-order valence-electron chi connectivity index (χ3n) is 6.04. The van der Waals surface area contributed by atoms with E-state index in [-0.39, 0.29) is 11.7 Å². The minimum atomic E-state index is -0.264. The second kappa shape index (κ2) is 9.57. The number of aromatic nitrogens is 2. The van der Waals surface area contributed by atoms with Gasteiger partial charge in [-0.3, -0.25) is 4.79 Å². The number of halogens is 2. The molecular formula is C25H24BrFN4O2. The summed E-state index contributed by atoms with van der Waals surface area (Å²) >= 11 is 3.50. The third-order valence-corrected chi connectivity index (χ3v) is 6.73. The lowest BCUT2D eigenvalue weighted by Crippen LogP contribution is -2.41. The maximum Gasteiger partial charge on any atom is 0.255 e. The van der Waals surface area contributed by atoms with Crippen molar-refractivity contribution in [3.63, 3.8) is 0 Å². The number of benzene rings is 2. The molecule has 33 heavy (non-hydrogen) atoms. The molecule has 2 aliphatic rings. The van der Waals surface area contributed by atoms with Crippen molar-refractivity contribution in [3.05, 3.63) is 87.0 Å². The highest BCUT2D eigenvalue weighted by atomic mass is 79.9. The summed E-state index contributed by atoms with van der Waals surface area (Å²) in [6.45, 7) is 3.80. The van der Waals surface area contributed by atoms with Crippen LogP contribution in [0.5, 0.6) is 0 Å². The van der Waals surface area contributed by atoms with Crippen molar-refractivity contribution in [2.45, 2.75) is 19.4 Å². The molecule has 0 saturated carbocycles. The van der Waals surface area contributed by atoms with Gasteiger partial charge < -0.3 is 14.5 Å². The summed E-state index contributed by atoms with van der Waals surface area (Å²) < 4.78 is 20.0. The number of rotatable bonds is 4. The number of anilines is 1. The molecule has 2 aromatic carbocycles. The first kappa shape index (κ1) is 22.0. The number of carbonyl (C=O) groups is 1. The van der Waals surface area contributed by atoms with E-state index in [0.717, 1.165) is 40.2 Å². The first-order valence-electron chi connectivity index (χ1n) is 11.1. The molecule has 1 aromatic heterocycles. The van der Waals surface area contributed by atoms with Crippen molar-refractivity contribution < 1.29 is 13.9 Å². The van der Waals surface area contributed by atoms with Gasteiger partial charge in [0.05, 0.1) is 31.0 Å². The Hall–Kier alpha value is -2.84. The van der Waals surface area contributed by atoms with Gasteiger partial charge in [-0.2, -0.15) is 0 Å². The Balaban J connectivity index is 1.48. The molecule has 2 aliphatic heterocycles. The molecule has 0 spiro atoms. The first-order chi connectivity index (χ1) is 16.1. The number of ether oxygens (including phenoxy) is 1. The topological polar surface area (TPSA) is 58.6 Å². The fourth-order valence-electron chi connectivity index (χ4n) is 4.37. The normalized spacial score (nSPS) is 15.9. The number of amides is 1. The summed E-state index contributed by atoms with van der Waals surface area (Å²) in [5.74, 6) is 1.26. The van der Waals surface area contributed by atoms with E-state index in [2.05, 4.69) is 20.8 Å². The molecule has 0 atom stereocenters. The molecule has 5 rings (SSSR count). The lowest BCUT2D eigenvalue weighted by Gasteiger charge is -2.34. The molecule has 0 unspecified atom stereocenters. The standard InChI is InChI=1S/C25H24BrFN4O2/c26-21-7-2-1-6-19(21)25(32)31-9-8-22-20(16-31)24(30-10-12-33-13-11-30)29-23(28-22)15-17-4-3-5-18(27)14-17/h1-7,14H,8-13,15-16H2. The molecule has 170 valence electrons. The largest absolute Gasteiger partial charge is 0.378 e. The van der Waals surface area contributed by atoms with Crippen molar-refractivity contribution in [2.75, 3.05) is 37.7 Å². The number of hydrogen-bond donors (Lipinski definition) is 0. The summed E-state index contributed by atoms with van der Waals surface area (Å²) in [7, 11) is 0. The van der Waals surface area contributed by atoms with Crippen molar-refractivity contribution >= 4 is 27.7 Å². The quantitative estimate of drug-likeness (QED) is 0.530. The second-order valence-corrected chi connectivity index (χ2v) is 9.11. The number of fused-ring (bicyclic) bond motifs is 1. The van der Waals surface area contributed by atoms with Crippen LogP contribution in [0.15, 0.2) is 53.0 Å². The van der Waals surface area contributed by atoms with Crippen LogP contribution in [0.2, 0.25) is 0 Å². The first-order valence-corrected chi connectivity index (χ1v) is 11.9. The van der Waals surface area contributed by atoms with E-state index < -0.39 is 0 Å². The van der Waals surface area contributed by atoms with Crippen LogP contribution in [-0.4, -0.2) is 53.6 Å². The van der Waals surface area contributed by atoms with Gasteiger partial charge in [0.15, 0.2) is 0 Å². The van der Waals surface area contributed by atoms with Crippen LogP contribution >= 0.6 is 15.9 Å². The predicted molar refractivity (Wildman–Crippen MR) is 127 cm³/mol. The highest BCUT2D eigenvalue weighted by molar-refractivity contribution is 9.10. The molecular weight excluding hydrogens is 487 g/mol. The maximum atomic E-state index is 13.7. The van der Waals surface area contributed by atoms with Gasteiger partial charge in [-0.1, -0.05) is 24.3 Å². The Kier molecular flexibility index (Phi) is 6.37. The van der Waals surface area contributed by atoms with Gasteiger partial charge in [0, 0.05) is 42.5 Å². The van der Waals surface area contributed by atoms with Crippen molar-refractivity contribution in [1.29, 1.82) is 0 Å². The van der Waals surface area contributed by atoms with Crippen LogP contribution in [0.3, 0.4) is 0 Å². The Morgan fingerprint density at radius 3 is 2.67 bits per heavy atom. The summed E-state index contributed by atoms with van der Waals surface area (Å²) in [5, 5.41) is 0. The van der Waals surface area contributed by atoms with E-state index in [0.29, 0.717) is 50.5 Å². The van der Waals surface area contributed by atoms with Crippen LogP contribution in [-0.2, 0) is 24.1 Å². The summed E-state index contributed by atoms with van der Waals surface area (Å²) in [6.07, 6.45) is 1.11. The molecule has 3 aromatic rings. The Labute approximate surface area is 200 Å². The SMILES string of the molecule is O=C(c1ccccc1Br)N1CCc2nc(Cc3cccc(F)c3)nc(N3CCOCC3)c2C1. The molecule has 1 fully saturated rings. The average molecular weight is 511 g/mol. The van der Waals surface area contributed by atoms with Crippen molar-refractivity contribution in [3.8, 4) is 0 Å². The van der Waals surface area contributed by atoms with Gasteiger partial charge in [0.25, 0.3) is 5.91 Å². The summed E-state index contributed by atoms with van der Waals surface area (Å²) in [6, 6.07) is 14.0. The number of hydrogen-bond acceptors (Lipinski definition) is 5. The molecule has 0 radical (unpaired) electrons. The predicted octanol–water partition coefficient (Wildman–Crippen LogP) is 4.00. The van der Waals surface area contributed by atoms with Gasteiger partial charge in [-0.25, -0.2) is 14.4 Å². The monoisotopic (exact) mass is 510 g/mol. The Morgan fingerprint density at radius 2 is 1.88 bits per heavy atom. The summed E-state index contributed by atoms with van der Waals surface area (Å²) in [4.78, 5) is 27.1. The zero-order valence-electron chi connectivity index (χ0n) is 18.1. The lowest BCUT2D eigenvalue weighted by atomic mass is 10.0. The van der Waals surface area contributed by atoms with E-state index in [4.69, 9.17) is 14.7 Å². The molecule has 3 heterocycles. The number of morpholine rings is 1. The molecule has 0 bridgehead atoms. The van der Waals surface area contributed by atoms with Crippen molar-refractivity contribution in [1.82, 2.24) is 14.9 Å². The van der Waals surface area contributed by atoms with Crippen LogP contribution in [0.25, 0.3) is 0 Å². The molecule has 0 aliphatic carbocycles. The number of nitrogens with zero attached hydrogens (tertiary/aromatic N) is 4. The van der Waals surface area contributed by atoms with Crippen LogP contribution < -0.4 is 4.90 Å². The lowest BCUT2D eigenvalue weighted by molar-refractivity contribution is 0.0732. The molecule has 1 amide bonds. The van der Waals surface area contributed by atoms with Crippen molar-refractivity contribution in [2.24, 2.45) is 0 Å². The van der Waals surface area contributed by atoms with Gasteiger partial charge in [-0.05, 0) is 45.8 Å². The second-order valence-electron chi connectivity index (χ2n) is 8.25. The third kappa shape index (κ3) is 4.77. The van der Waals surface area contributed by atoms with E-state index in [1.165, 1.54) is 12.1 Å². The fraction of sp³-hybridized carbons (Fsp3) is 0.320. The Bertz CT molecular complexity index is 1180. The molecule has 8 heteroatoms. The minimum absolute atomic E-state index is 0.00936. The smallest absolute Gasteiger partial charge is 0.255 e. The maximum absolute atomic E-state index is 13.7. The fourth-order valence-corrected chi connectivity index (χ4v) is 4.82. The highest BCUT2D eigenvalue weighted by Crippen LogP contribution is 2.30. The average Bonchev–Trinajstić information content (AvgIpc) is 2.84. The zero-order valence-corrected chi connectivity index (χ0v) is 19.7. The van der Waals surface area contributed by atoms with Crippen LogP contribution in [0.1, 0.15) is 33.0 Å².